The summed E-state index contributed by atoms with van der Waals surface area (Å²) in [5.41, 5.74) is 1.14. The zero-order valence-corrected chi connectivity index (χ0v) is 9.97. The lowest BCUT2D eigenvalue weighted by molar-refractivity contribution is 0.0627. The smallest absolute Gasteiger partial charge is 0.209 e. The Morgan fingerprint density at radius 3 is 3.22 bits per heavy atom. The Labute approximate surface area is 104 Å². The zero-order chi connectivity index (χ0) is 12.5. The average molecular weight is 250 g/mol. The van der Waals surface area contributed by atoms with Gasteiger partial charge in [-0.1, -0.05) is 0 Å². The molecule has 18 heavy (non-hydrogen) atoms. The van der Waals surface area contributed by atoms with Crippen LogP contribution in [0.25, 0.3) is 11.1 Å². The third kappa shape index (κ3) is 2.37. The van der Waals surface area contributed by atoms with Gasteiger partial charge >= 0.3 is 0 Å². The lowest BCUT2D eigenvalue weighted by atomic mass is 10.1. The molecule has 0 bridgehead atoms. The molecule has 1 aromatic heterocycles. The van der Waals surface area contributed by atoms with Gasteiger partial charge < -0.3 is 9.52 Å². The summed E-state index contributed by atoms with van der Waals surface area (Å²) in [5.74, 6) is 0.253. The zero-order valence-electron chi connectivity index (χ0n) is 9.97. The van der Waals surface area contributed by atoms with Crippen LogP contribution < -0.4 is 0 Å². The number of aromatic nitrogens is 1. The number of benzene rings is 1. The van der Waals surface area contributed by atoms with E-state index >= 15 is 0 Å². The van der Waals surface area contributed by atoms with Crippen molar-refractivity contribution in [3.63, 3.8) is 0 Å². The van der Waals surface area contributed by atoms with Crippen molar-refractivity contribution in [3.05, 3.63) is 29.9 Å². The van der Waals surface area contributed by atoms with Gasteiger partial charge in [-0.05, 0) is 31.5 Å². The van der Waals surface area contributed by atoms with Crippen LogP contribution in [0.4, 0.5) is 4.39 Å². The number of β-amino-alcohol motifs (C(OH)–C–C–N with tert-alkyl or cyclic N) is 1. The van der Waals surface area contributed by atoms with Gasteiger partial charge in [0.25, 0.3) is 0 Å². The number of hydrogen-bond acceptors (Lipinski definition) is 4. The van der Waals surface area contributed by atoms with Crippen LogP contribution in [0.5, 0.6) is 0 Å². The number of aliphatic hydroxyl groups is 1. The van der Waals surface area contributed by atoms with Crippen LogP contribution in [0.2, 0.25) is 0 Å². The highest BCUT2D eigenvalue weighted by atomic mass is 19.1. The van der Waals surface area contributed by atoms with Gasteiger partial charge in [0.15, 0.2) is 5.58 Å². The molecular weight excluding hydrogens is 235 g/mol. The van der Waals surface area contributed by atoms with E-state index in [1.165, 1.54) is 12.1 Å². The maximum absolute atomic E-state index is 13.0. The Kier molecular flexibility index (Phi) is 3.01. The monoisotopic (exact) mass is 250 g/mol. The van der Waals surface area contributed by atoms with Crippen molar-refractivity contribution in [1.82, 2.24) is 9.88 Å². The minimum absolute atomic E-state index is 0.263. The van der Waals surface area contributed by atoms with E-state index in [4.69, 9.17) is 4.42 Å². The number of likely N-dealkylation sites (tertiary alicyclic amines) is 1. The Balaban J connectivity index is 1.78. The van der Waals surface area contributed by atoms with Crippen LogP contribution in [0.1, 0.15) is 18.7 Å². The maximum atomic E-state index is 13.0. The first-order valence-corrected chi connectivity index (χ1v) is 6.16. The molecule has 1 saturated heterocycles. The highest BCUT2D eigenvalue weighted by molar-refractivity contribution is 5.72. The largest absolute Gasteiger partial charge is 0.439 e. The molecule has 0 aliphatic carbocycles. The number of oxazole rings is 1. The molecule has 2 aromatic rings. The summed E-state index contributed by atoms with van der Waals surface area (Å²) in [6, 6.07) is 4.33. The van der Waals surface area contributed by atoms with Gasteiger partial charge in [0.1, 0.15) is 11.3 Å². The molecule has 5 heteroatoms. The second kappa shape index (κ2) is 4.66. The van der Waals surface area contributed by atoms with Crippen LogP contribution >= 0.6 is 0 Å². The van der Waals surface area contributed by atoms with Gasteiger partial charge in [0.05, 0.1) is 12.6 Å². The lowest BCUT2D eigenvalue weighted by Gasteiger charge is -2.28. The van der Waals surface area contributed by atoms with Crippen LogP contribution in [-0.4, -0.2) is 34.2 Å². The normalized spacial score (nSPS) is 21.6. The molecule has 0 saturated carbocycles. The second-order valence-electron chi connectivity index (χ2n) is 4.75. The fourth-order valence-corrected chi connectivity index (χ4v) is 2.38. The van der Waals surface area contributed by atoms with Crippen LogP contribution in [-0.2, 0) is 6.54 Å². The van der Waals surface area contributed by atoms with Crippen molar-refractivity contribution in [2.45, 2.75) is 25.5 Å². The van der Waals surface area contributed by atoms with Crippen molar-refractivity contribution in [1.29, 1.82) is 0 Å². The molecule has 1 aromatic carbocycles. The fourth-order valence-electron chi connectivity index (χ4n) is 2.38. The SMILES string of the molecule is OC1CCCN(Cc2nc3ccc(F)cc3o2)C1. The van der Waals surface area contributed by atoms with E-state index < -0.39 is 0 Å². The summed E-state index contributed by atoms with van der Waals surface area (Å²) in [4.78, 5) is 6.42. The molecule has 4 nitrogen and oxygen atoms in total. The molecule has 1 fully saturated rings. The summed E-state index contributed by atoms with van der Waals surface area (Å²) in [6.07, 6.45) is 1.58. The molecular formula is C13H15FN2O2. The summed E-state index contributed by atoms with van der Waals surface area (Å²) < 4.78 is 18.5. The Hall–Kier alpha value is -1.46. The fraction of sp³-hybridized carbons (Fsp3) is 0.462. The van der Waals surface area contributed by atoms with Gasteiger partial charge in [-0.25, -0.2) is 9.37 Å². The molecule has 0 spiro atoms. The van der Waals surface area contributed by atoms with Crippen molar-refractivity contribution < 1.29 is 13.9 Å². The highest BCUT2D eigenvalue weighted by Gasteiger charge is 2.19. The number of aliphatic hydroxyl groups excluding tert-OH is 1. The summed E-state index contributed by atoms with van der Waals surface area (Å²) in [6.45, 7) is 2.14. The molecule has 96 valence electrons. The minimum atomic E-state index is -0.321. The first-order valence-electron chi connectivity index (χ1n) is 6.16. The Morgan fingerprint density at radius 1 is 1.50 bits per heavy atom. The van der Waals surface area contributed by atoms with Crippen molar-refractivity contribution in [2.75, 3.05) is 13.1 Å². The molecule has 0 amide bonds. The third-order valence-electron chi connectivity index (χ3n) is 3.23. The van der Waals surface area contributed by atoms with Crippen LogP contribution in [0.3, 0.4) is 0 Å². The second-order valence-corrected chi connectivity index (χ2v) is 4.75. The van der Waals surface area contributed by atoms with E-state index in [0.29, 0.717) is 30.1 Å². The molecule has 0 radical (unpaired) electrons. The van der Waals surface area contributed by atoms with E-state index in [1.54, 1.807) is 6.07 Å². The van der Waals surface area contributed by atoms with Gasteiger partial charge in [-0.2, -0.15) is 0 Å². The van der Waals surface area contributed by atoms with E-state index in [9.17, 15) is 9.50 Å². The Morgan fingerprint density at radius 2 is 2.39 bits per heavy atom. The molecule has 1 unspecified atom stereocenters. The predicted molar refractivity (Wildman–Crippen MR) is 64.5 cm³/mol. The number of piperidine rings is 1. The van der Waals surface area contributed by atoms with Crippen LogP contribution in [0.15, 0.2) is 22.6 Å². The van der Waals surface area contributed by atoms with Crippen molar-refractivity contribution in [2.24, 2.45) is 0 Å². The topological polar surface area (TPSA) is 49.5 Å². The van der Waals surface area contributed by atoms with Gasteiger partial charge in [-0.3, -0.25) is 4.90 Å². The number of rotatable bonds is 2. The molecule has 3 rings (SSSR count). The minimum Gasteiger partial charge on any atom is -0.439 e. The first-order chi connectivity index (χ1) is 8.70. The number of halogens is 1. The molecule has 2 heterocycles. The predicted octanol–water partition coefficient (Wildman–Crippen LogP) is 1.92. The van der Waals surface area contributed by atoms with Crippen LogP contribution in [0, 0.1) is 5.82 Å². The van der Waals surface area contributed by atoms with Gasteiger partial charge in [0, 0.05) is 12.6 Å². The standard InChI is InChI=1S/C13H15FN2O2/c14-9-3-4-11-12(6-9)18-13(15-11)8-16-5-1-2-10(17)7-16/h3-4,6,10,17H,1-2,5,7-8H2. The lowest BCUT2D eigenvalue weighted by Crippen LogP contribution is -2.37. The number of fused-ring (bicyclic) bond motifs is 1. The molecule has 1 N–H and O–H groups in total. The van der Waals surface area contributed by atoms with Gasteiger partial charge in [0.2, 0.25) is 5.89 Å². The van der Waals surface area contributed by atoms with E-state index in [0.717, 1.165) is 19.4 Å². The summed E-state index contributed by atoms with van der Waals surface area (Å²) in [5, 5.41) is 9.59. The third-order valence-corrected chi connectivity index (χ3v) is 3.23. The molecule has 1 aliphatic rings. The first kappa shape index (κ1) is 11.6. The molecule has 1 aliphatic heterocycles. The average Bonchev–Trinajstić information content (AvgIpc) is 2.70. The van der Waals surface area contributed by atoms with E-state index in [-0.39, 0.29) is 11.9 Å². The number of hydrogen-bond donors (Lipinski definition) is 1. The van der Waals surface area contributed by atoms with E-state index in [1.807, 2.05) is 0 Å². The van der Waals surface area contributed by atoms with Crippen molar-refractivity contribution >= 4 is 11.1 Å². The van der Waals surface area contributed by atoms with Crippen molar-refractivity contribution in [3.8, 4) is 0 Å². The number of nitrogens with zero attached hydrogens (tertiary/aromatic N) is 2. The quantitative estimate of drug-likeness (QED) is 0.884. The molecule has 1 atom stereocenters. The summed E-state index contributed by atoms with van der Waals surface area (Å²) in [7, 11) is 0. The highest BCUT2D eigenvalue weighted by Crippen LogP contribution is 2.19. The van der Waals surface area contributed by atoms with E-state index in [2.05, 4.69) is 9.88 Å². The Bertz CT molecular complexity index is 555. The maximum Gasteiger partial charge on any atom is 0.209 e. The summed E-state index contributed by atoms with van der Waals surface area (Å²) >= 11 is 0. The van der Waals surface area contributed by atoms with Gasteiger partial charge in [-0.15, -0.1) is 0 Å².